The molecule has 1 saturated heterocycles. The Hall–Kier alpha value is -3.01. The van der Waals surface area contributed by atoms with Gasteiger partial charge in [0.05, 0.1) is 16.8 Å². The second kappa shape index (κ2) is 9.21. The van der Waals surface area contributed by atoms with Crippen LogP contribution in [0.25, 0.3) is 0 Å². The van der Waals surface area contributed by atoms with E-state index in [9.17, 15) is 22.8 Å². The number of piperazine rings is 1. The molecule has 1 aliphatic heterocycles. The van der Waals surface area contributed by atoms with Gasteiger partial charge in [0.15, 0.2) is 0 Å². The number of nitrogens with zero attached hydrogens (tertiary/aromatic N) is 2. The van der Waals surface area contributed by atoms with Crippen LogP contribution in [0.15, 0.2) is 36.4 Å². The fourth-order valence-electron chi connectivity index (χ4n) is 3.03. The summed E-state index contributed by atoms with van der Waals surface area (Å²) in [7, 11) is 0. The Morgan fingerprint density at radius 1 is 1.37 bits per heavy atom. The molecule has 160 valence electrons. The Morgan fingerprint density at radius 3 is 2.83 bits per heavy atom. The number of carbonyl (C=O) groups excluding carboxylic acids is 2. The highest BCUT2D eigenvalue weighted by molar-refractivity contribution is 6.30. The van der Waals surface area contributed by atoms with Crippen molar-refractivity contribution in [1.29, 1.82) is 0 Å². The molecule has 30 heavy (non-hydrogen) atoms. The van der Waals surface area contributed by atoms with Crippen molar-refractivity contribution in [3.8, 4) is 5.88 Å². The molecule has 11 heteroatoms. The second-order valence-electron chi connectivity index (χ2n) is 6.50. The first-order valence-corrected chi connectivity index (χ1v) is 9.35. The van der Waals surface area contributed by atoms with Crippen molar-refractivity contribution in [3.05, 3.63) is 58.5 Å². The van der Waals surface area contributed by atoms with Gasteiger partial charge in [0.25, 0.3) is 0 Å². The highest BCUT2D eigenvalue weighted by Crippen LogP contribution is 2.27. The molecule has 2 atom stereocenters. The second-order valence-corrected chi connectivity index (χ2v) is 6.90. The fourth-order valence-corrected chi connectivity index (χ4v) is 3.22. The predicted molar refractivity (Wildman–Crippen MR) is 102 cm³/mol. The highest BCUT2D eigenvalue weighted by Gasteiger charge is 2.31. The van der Waals surface area contributed by atoms with Crippen LogP contribution < -0.4 is 15.4 Å². The summed E-state index contributed by atoms with van der Waals surface area (Å²) in [4.78, 5) is 30.1. The zero-order valence-corrected chi connectivity index (χ0v) is 16.5. The summed E-state index contributed by atoms with van der Waals surface area (Å²) in [6.45, 7) is -0.932. The summed E-state index contributed by atoms with van der Waals surface area (Å²) in [6, 6.07) is 5.72. The number of ether oxygens (including phenoxy) is 1. The van der Waals surface area contributed by atoms with Crippen LogP contribution in [0.2, 0.25) is 5.02 Å². The summed E-state index contributed by atoms with van der Waals surface area (Å²) in [5, 5.41) is 5.19. The van der Waals surface area contributed by atoms with E-state index in [1.54, 1.807) is 6.92 Å². The van der Waals surface area contributed by atoms with Gasteiger partial charge in [0.1, 0.15) is 11.9 Å². The summed E-state index contributed by atoms with van der Waals surface area (Å²) in [5.74, 6) is -1.31. The Morgan fingerprint density at radius 2 is 2.13 bits per heavy atom. The quantitative estimate of drug-likeness (QED) is 0.745. The van der Waals surface area contributed by atoms with Gasteiger partial charge in [-0.3, -0.25) is 4.79 Å². The molecule has 0 bridgehead atoms. The van der Waals surface area contributed by atoms with Crippen molar-refractivity contribution in [1.82, 2.24) is 20.5 Å². The lowest BCUT2D eigenvalue weighted by Gasteiger charge is -2.34. The molecule has 3 amide bonds. The van der Waals surface area contributed by atoms with Crippen LogP contribution in [0.4, 0.5) is 18.0 Å². The zero-order chi connectivity index (χ0) is 21.8. The van der Waals surface area contributed by atoms with Gasteiger partial charge in [-0.1, -0.05) is 23.7 Å². The van der Waals surface area contributed by atoms with Crippen LogP contribution >= 0.6 is 11.6 Å². The molecule has 2 N–H and O–H groups in total. The minimum atomic E-state index is -3.08. The Labute approximate surface area is 175 Å². The van der Waals surface area contributed by atoms with Gasteiger partial charge < -0.3 is 20.3 Å². The third-order valence-corrected chi connectivity index (χ3v) is 4.84. The number of alkyl halides is 2. The summed E-state index contributed by atoms with van der Waals surface area (Å²) in [5.41, 5.74) is 0.531. The first-order chi connectivity index (χ1) is 14.3. The Balaban J connectivity index is 1.94. The Kier molecular flexibility index (Phi) is 6.66. The summed E-state index contributed by atoms with van der Waals surface area (Å²) in [6.07, 6.45) is 0. The molecule has 2 aromatic rings. The number of carbonyl (C=O) groups is 2. The maximum atomic E-state index is 13.6. The van der Waals surface area contributed by atoms with Gasteiger partial charge in [0.2, 0.25) is 11.8 Å². The maximum absolute atomic E-state index is 13.6. The number of rotatable bonds is 5. The van der Waals surface area contributed by atoms with Crippen LogP contribution in [0.3, 0.4) is 0 Å². The van der Waals surface area contributed by atoms with Crippen molar-refractivity contribution >= 4 is 23.5 Å². The van der Waals surface area contributed by atoms with E-state index in [-0.39, 0.29) is 29.0 Å². The molecule has 3 rings (SSSR count). The fraction of sp³-hybridized carbons (Fsp3) is 0.316. The van der Waals surface area contributed by atoms with Gasteiger partial charge in [-0.15, -0.1) is 0 Å². The van der Waals surface area contributed by atoms with Crippen LogP contribution in [-0.2, 0) is 4.79 Å². The van der Waals surface area contributed by atoms with E-state index in [1.807, 2.05) is 0 Å². The summed E-state index contributed by atoms with van der Waals surface area (Å²) < 4.78 is 43.1. The number of benzene rings is 1. The molecule has 0 aliphatic carbocycles. The van der Waals surface area contributed by atoms with E-state index in [0.29, 0.717) is 12.1 Å². The summed E-state index contributed by atoms with van der Waals surface area (Å²) >= 11 is 5.88. The standard InChI is InChI=1S/C19H18ClF3N4O3/c1-10-17(28)24-7-8-27(10)19(29)26-16(11-5-6-13(21)12(20)9-11)14-3-2-4-15(25-14)30-18(22)23/h2-6,9-10,16,18H,7-8H2,1H3,(H,24,28)(H,26,29). The molecule has 0 radical (unpaired) electrons. The molecule has 1 aromatic heterocycles. The first kappa shape index (κ1) is 21.7. The molecule has 1 aliphatic rings. The maximum Gasteiger partial charge on any atom is 0.388 e. The van der Waals surface area contributed by atoms with Crippen LogP contribution in [0.5, 0.6) is 5.88 Å². The number of hydrogen-bond acceptors (Lipinski definition) is 4. The van der Waals surface area contributed by atoms with E-state index in [2.05, 4.69) is 20.4 Å². The van der Waals surface area contributed by atoms with Crippen LogP contribution in [0.1, 0.15) is 24.2 Å². The van der Waals surface area contributed by atoms with Gasteiger partial charge in [-0.2, -0.15) is 8.78 Å². The van der Waals surface area contributed by atoms with Gasteiger partial charge >= 0.3 is 12.6 Å². The lowest BCUT2D eigenvalue weighted by molar-refractivity contribution is -0.126. The van der Waals surface area contributed by atoms with Crippen LogP contribution in [0, 0.1) is 5.82 Å². The van der Waals surface area contributed by atoms with Gasteiger partial charge in [0, 0.05) is 19.2 Å². The highest BCUT2D eigenvalue weighted by atomic mass is 35.5. The first-order valence-electron chi connectivity index (χ1n) is 8.98. The van der Waals surface area contributed by atoms with E-state index >= 15 is 0 Å². The molecule has 2 unspecified atom stereocenters. The lowest BCUT2D eigenvalue weighted by atomic mass is 10.0. The smallest absolute Gasteiger partial charge is 0.388 e. The Bertz CT molecular complexity index is 947. The van der Waals surface area contributed by atoms with E-state index in [4.69, 9.17) is 11.6 Å². The lowest BCUT2D eigenvalue weighted by Crippen LogP contribution is -2.58. The average molecular weight is 443 g/mol. The zero-order valence-electron chi connectivity index (χ0n) is 15.7. The number of pyridine rings is 1. The molecule has 7 nitrogen and oxygen atoms in total. The number of urea groups is 1. The number of halogens is 4. The number of amides is 3. The number of aromatic nitrogens is 1. The predicted octanol–water partition coefficient (Wildman–Crippen LogP) is 3.09. The van der Waals surface area contributed by atoms with Gasteiger partial charge in [-0.05, 0) is 30.7 Å². The minimum Gasteiger partial charge on any atom is -0.417 e. The van der Waals surface area contributed by atoms with Crippen molar-refractivity contribution < 1.29 is 27.5 Å². The van der Waals surface area contributed by atoms with E-state index in [0.717, 1.165) is 6.07 Å². The number of hydrogen-bond donors (Lipinski definition) is 2. The minimum absolute atomic E-state index is 0.165. The third kappa shape index (κ3) is 4.93. The normalized spacial score (nSPS) is 17.5. The van der Waals surface area contributed by atoms with Crippen molar-refractivity contribution in [2.75, 3.05) is 13.1 Å². The largest absolute Gasteiger partial charge is 0.417 e. The van der Waals surface area contributed by atoms with Crippen molar-refractivity contribution in [2.45, 2.75) is 25.6 Å². The van der Waals surface area contributed by atoms with Gasteiger partial charge in [-0.25, -0.2) is 14.2 Å². The molecule has 1 aromatic carbocycles. The van der Waals surface area contributed by atoms with Crippen LogP contribution in [-0.4, -0.2) is 47.6 Å². The molecular formula is C19H18ClF3N4O3. The topological polar surface area (TPSA) is 83.6 Å². The third-order valence-electron chi connectivity index (χ3n) is 4.56. The van der Waals surface area contributed by atoms with Crippen molar-refractivity contribution in [3.63, 3.8) is 0 Å². The van der Waals surface area contributed by atoms with Crippen molar-refractivity contribution in [2.24, 2.45) is 0 Å². The SMILES string of the molecule is CC1C(=O)NCCN1C(=O)NC(c1ccc(F)c(Cl)c1)c1cccc(OC(F)F)n1. The molecule has 1 fully saturated rings. The van der Waals surface area contributed by atoms with E-state index in [1.165, 1.54) is 35.2 Å². The molecular weight excluding hydrogens is 425 g/mol. The van der Waals surface area contributed by atoms with E-state index < -0.39 is 30.5 Å². The monoisotopic (exact) mass is 442 g/mol. The molecule has 2 heterocycles. The molecule has 0 saturated carbocycles. The average Bonchev–Trinajstić information content (AvgIpc) is 2.70. The molecule has 0 spiro atoms. The number of nitrogens with one attached hydrogen (secondary N) is 2.